The Morgan fingerprint density at radius 2 is 1.90 bits per heavy atom. The molecule has 112 valence electrons. The molecule has 0 aliphatic heterocycles. The number of nitrogens with zero attached hydrogens (tertiary/aromatic N) is 1. The Bertz CT molecular complexity index is 442. The summed E-state index contributed by atoms with van der Waals surface area (Å²) >= 11 is 6.04. The molecule has 0 bridgehead atoms. The number of phenolic OH excluding ortho intramolecular Hbond substituents is 1. The number of ether oxygens (including phenoxy) is 1. The molecule has 1 aromatic rings. The van der Waals surface area contributed by atoms with Gasteiger partial charge in [0.2, 0.25) is 0 Å². The van der Waals surface area contributed by atoms with Crippen molar-refractivity contribution < 1.29 is 9.84 Å². The summed E-state index contributed by atoms with van der Waals surface area (Å²) in [5, 5.41) is 10.1. The standard InChI is InChI=1S/C16H24ClNO2/c1-18(13-7-5-3-4-6-8-13)11-12-9-14(17)16(19)15(10-12)20-2/h9-10,13,19H,3-8,11H2,1-2H3. The zero-order chi connectivity index (χ0) is 14.5. The van der Waals surface area contributed by atoms with Gasteiger partial charge in [0.25, 0.3) is 0 Å². The van der Waals surface area contributed by atoms with E-state index in [-0.39, 0.29) is 5.75 Å². The summed E-state index contributed by atoms with van der Waals surface area (Å²) < 4.78 is 5.16. The lowest BCUT2D eigenvalue weighted by molar-refractivity contribution is 0.212. The maximum Gasteiger partial charge on any atom is 0.176 e. The van der Waals surface area contributed by atoms with Gasteiger partial charge in [-0.05, 0) is 37.6 Å². The lowest BCUT2D eigenvalue weighted by Gasteiger charge is -2.27. The monoisotopic (exact) mass is 297 g/mol. The quantitative estimate of drug-likeness (QED) is 0.845. The van der Waals surface area contributed by atoms with Crippen molar-refractivity contribution in [2.75, 3.05) is 14.2 Å². The first-order valence-electron chi connectivity index (χ1n) is 7.37. The molecule has 4 heteroatoms. The Morgan fingerprint density at radius 3 is 2.50 bits per heavy atom. The van der Waals surface area contributed by atoms with Crippen molar-refractivity contribution in [2.45, 2.75) is 51.1 Å². The van der Waals surface area contributed by atoms with Crippen LogP contribution in [0.3, 0.4) is 0 Å². The molecular formula is C16H24ClNO2. The number of hydrogen-bond donors (Lipinski definition) is 1. The minimum Gasteiger partial charge on any atom is -0.503 e. The summed E-state index contributed by atoms with van der Waals surface area (Å²) in [4.78, 5) is 2.40. The molecular weight excluding hydrogens is 274 g/mol. The smallest absolute Gasteiger partial charge is 0.176 e. The Balaban J connectivity index is 2.06. The number of hydrogen-bond acceptors (Lipinski definition) is 3. The normalized spacial score (nSPS) is 17.2. The van der Waals surface area contributed by atoms with Gasteiger partial charge in [-0.15, -0.1) is 0 Å². The third kappa shape index (κ3) is 3.80. The Hall–Kier alpha value is -0.930. The average molecular weight is 298 g/mol. The van der Waals surface area contributed by atoms with Gasteiger partial charge in [0.05, 0.1) is 12.1 Å². The van der Waals surface area contributed by atoms with E-state index < -0.39 is 0 Å². The largest absolute Gasteiger partial charge is 0.503 e. The minimum atomic E-state index is 0.0232. The topological polar surface area (TPSA) is 32.7 Å². The van der Waals surface area contributed by atoms with Crippen LogP contribution in [0.2, 0.25) is 5.02 Å². The molecule has 0 saturated heterocycles. The molecule has 1 fully saturated rings. The fourth-order valence-corrected chi connectivity index (χ4v) is 3.22. The predicted octanol–water partition coefficient (Wildman–Crippen LogP) is 4.21. The molecule has 1 saturated carbocycles. The number of methoxy groups -OCH3 is 1. The Labute approximate surface area is 126 Å². The van der Waals surface area contributed by atoms with Crippen LogP contribution in [0.4, 0.5) is 0 Å². The van der Waals surface area contributed by atoms with Crippen molar-refractivity contribution in [2.24, 2.45) is 0 Å². The average Bonchev–Trinajstić information content (AvgIpc) is 2.71. The van der Waals surface area contributed by atoms with Gasteiger partial charge in [-0.25, -0.2) is 0 Å². The van der Waals surface area contributed by atoms with Gasteiger partial charge in [-0.2, -0.15) is 0 Å². The van der Waals surface area contributed by atoms with Gasteiger partial charge in [0.15, 0.2) is 11.5 Å². The van der Waals surface area contributed by atoms with Crippen LogP contribution in [-0.2, 0) is 6.54 Å². The van der Waals surface area contributed by atoms with Crippen LogP contribution in [0.5, 0.6) is 11.5 Å². The number of aromatic hydroxyl groups is 1. The van der Waals surface area contributed by atoms with Crippen LogP contribution < -0.4 is 4.74 Å². The first-order valence-corrected chi connectivity index (χ1v) is 7.75. The molecule has 1 aliphatic carbocycles. The summed E-state index contributed by atoms with van der Waals surface area (Å²) in [6, 6.07) is 4.34. The molecule has 1 aromatic carbocycles. The van der Waals surface area contributed by atoms with E-state index in [0.29, 0.717) is 16.8 Å². The highest BCUT2D eigenvalue weighted by Crippen LogP contribution is 2.35. The van der Waals surface area contributed by atoms with Crippen molar-refractivity contribution >= 4 is 11.6 Å². The van der Waals surface area contributed by atoms with E-state index in [1.807, 2.05) is 12.1 Å². The molecule has 0 atom stereocenters. The van der Waals surface area contributed by atoms with E-state index in [1.54, 1.807) is 7.11 Å². The maximum absolute atomic E-state index is 9.77. The van der Waals surface area contributed by atoms with E-state index >= 15 is 0 Å². The molecule has 0 radical (unpaired) electrons. The summed E-state index contributed by atoms with van der Waals surface area (Å²) in [6.07, 6.45) is 7.94. The van der Waals surface area contributed by atoms with Gasteiger partial charge in [-0.1, -0.05) is 37.3 Å². The highest BCUT2D eigenvalue weighted by molar-refractivity contribution is 6.32. The first-order chi connectivity index (χ1) is 9.61. The van der Waals surface area contributed by atoms with Crippen LogP contribution in [0, 0.1) is 0 Å². The molecule has 2 rings (SSSR count). The summed E-state index contributed by atoms with van der Waals surface area (Å²) in [5.74, 6) is 0.469. The van der Waals surface area contributed by atoms with Crippen molar-refractivity contribution in [3.05, 3.63) is 22.7 Å². The van der Waals surface area contributed by atoms with Crippen LogP contribution in [0.1, 0.15) is 44.1 Å². The highest BCUT2D eigenvalue weighted by atomic mass is 35.5. The molecule has 1 aliphatic rings. The van der Waals surface area contributed by atoms with Crippen LogP contribution in [-0.4, -0.2) is 30.2 Å². The highest BCUT2D eigenvalue weighted by Gasteiger charge is 2.18. The number of benzene rings is 1. The van der Waals surface area contributed by atoms with Gasteiger partial charge >= 0.3 is 0 Å². The van der Waals surface area contributed by atoms with E-state index in [2.05, 4.69) is 11.9 Å². The Morgan fingerprint density at radius 1 is 1.25 bits per heavy atom. The SMILES string of the molecule is COc1cc(CN(C)C2CCCCCC2)cc(Cl)c1O. The first kappa shape index (κ1) is 15.5. The lowest BCUT2D eigenvalue weighted by Crippen LogP contribution is -2.30. The minimum absolute atomic E-state index is 0.0232. The van der Waals surface area contributed by atoms with E-state index in [4.69, 9.17) is 16.3 Å². The molecule has 20 heavy (non-hydrogen) atoms. The fraction of sp³-hybridized carbons (Fsp3) is 0.625. The second-order valence-corrected chi connectivity index (χ2v) is 6.10. The number of rotatable bonds is 4. The van der Waals surface area contributed by atoms with Crippen molar-refractivity contribution in [1.82, 2.24) is 4.90 Å². The van der Waals surface area contributed by atoms with E-state index in [1.165, 1.54) is 38.5 Å². The molecule has 0 spiro atoms. The zero-order valence-electron chi connectivity index (χ0n) is 12.4. The van der Waals surface area contributed by atoms with E-state index in [9.17, 15) is 5.11 Å². The number of phenols is 1. The molecule has 0 aromatic heterocycles. The molecule has 0 heterocycles. The van der Waals surface area contributed by atoms with Gasteiger partial charge in [0.1, 0.15) is 0 Å². The third-order valence-electron chi connectivity index (χ3n) is 4.19. The van der Waals surface area contributed by atoms with Crippen LogP contribution in [0.15, 0.2) is 12.1 Å². The maximum atomic E-state index is 9.77. The fourth-order valence-electron chi connectivity index (χ4n) is 2.99. The van der Waals surface area contributed by atoms with Crippen molar-refractivity contribution in [3.63, 3.8) is 0 Å². The van der Waals surface area contributed by atoms with Crippen molar-refractivity contribution in [3.8, 4) is 11.5 Å². The van der Waals surface area contributed by atoms with Crippen LogP contribution >= 0.6 is 11.6 Å². The van der Waals surface area contributed by atoms with Crippen molar-refractivity contribution in [1.29, 1.82) is 0 Å². The van der Waals surface area contributed by atoms with Gasteiger partial charge < -0.3 is 9.84 Å². The zero-order valence-corrected chi connectivity index (χ0v) is 13.1. The molecule has 0 amide bonds. The van der Waals surface area contributed by atoms with Gasteiger partial charge in [-0.3, -0.25) is 4.90 Å². The summed E-state index contributed by atoms with van der Waals surface area (Å²) in [5.41, 5.74) is 1.08. The third-order valence-corrected chi connectivity index (χ3v) is 4.48. The second-order valence-electron chi connectivity index (χ2n) is 5.69. The Kier molecular flexibility index (Phi) is 5.55. The van der Waals surface area contributed by atoms with Crippen LogP contribution in [0.25, 0.3) is 0 Å². The summed E-state index contributed by atoms with van der Waals surface area (Å²) in [7, 11) is 3.72. The number of halogens is 1. The predicted molar refractivity (Wildman–Crippen MR) is 82.6 cm³/mol. The second kappa shape index (κ2) is 7.19. The van der Waals surface area contributed by atoms with E-state index in [0.717, 1.165) is 12.1 Å². The van der Waals surface area contributed by atoms with Gasteiger partial charge in [0, 0.05) is 12.6 Å². The summed E-state index contributed by atoms with van der Waals surface area (Å²) in [6.45, 7) is 0.834. The molecule has 3 nitrogen and oxygen atoms in total. The molecule has 0 unspecified atom stereocenters. The lowest BCUT2D eigenvalue weighted by atomic mass is 10.1. The molecule has 1 N–H and O–H groups in total.